The molecule has 2 aromatic rings. The molecule has 0 radical (unpaired) electrons. The van der Waals surface area contributed by atoms with Crippen molar-refractivity contribution >= 4 is 5.97 Å². The van der Waals surface area contributed by atoms with Crippen molar-refractivity contribution in [1.29, 1.82) is 0 Å². The average Bonchev–Trinajstić information content (AvgIpc) is 2.75. The van der Waals surface area contributed by atoms with Gasteiger partial charge < -0.3 is 65.3 Å². The Morgan fingerprint density at radius 3 is 2.00 bits per heavy atom. The minimum absolute atomic E-state index is 0. The van der Waals surface area contributed by atoms with Crippen LogP contribution in [0.2, 0.25) is 0 Å². The van der Waals surface area contributed by atoms with Gasteiger partial charge >= 0.3 is 0 Å². The van der Waals surface area contributed by atoms with E-state index < -0.39 is 5.97 Å². The number of aliphatic carboxylic acids is 1. The SMILES string of the molecule is O=C(O)C[c-]1[c-][c-][c-][c-]1.[Fe].[c-]1[c-][c-][cH-][c-]1. The second kappa shape index (κ2) is 8.04. The van der Waals surface area contributed by atoms with Crippen LogP contribution in [0, 0.1) is 48.5 Å². The van der Waals surface area contributed by atoms with Crippen molar-refractivity contribution in [2.45, 2.75) is 6.42 Å². The van der Waals surface area contributed by atoms with Gasteiger partial charge in [0.15, 0.2) is 0 Å². The molecule has 0 unspecified atom stereocenters. The van der Waals surface area contributed by atoms with Gasteiger partial charge in [0.05, 0.1) is 0 Å². The number of carboxylic acids is 1. The molecule has 0 aliphatic rings. The summed E-state index contributed by atoms with van der Waals surface area (Å²) >= 11 is 0. The molecule has 82 valence electrons. The Morgan fingerprint density at radius 2 is 1.67 bits per heavy atom. The molecule has 0 atom stereocenters. The van der Waals surface area contributed by atoms with Crippen molar-refractivity contribution in [3.8, 4) is 0 Å². The molecule has 2 rings (SSSR count). The summed E-state index contributed by atoms with van der Waals surface area (Å²) in [6.45, 7) is 0. The van der Waals surface area contributed by atoms with Crippen molar-refractivity contribution in [3.05, 3.63) is 60.2 Å². The first-order valence-electron chi connectivity index (χ1n) is 3.71. The van der Waals surface area contributed by atoms with E-state index in [1.807, 2.05) is 0 Å². The summed E-state index contributed by atoms with van der Waals surface area (Å²) in [5.41, 5.74) is 0.502. The maximum atomic E-state index is 10.00. The third-order valence-electron chi connectivity index (χ3n) is 1.17. The van der Waals surface area contributed by atoms with Crippen LogP contribution >= 0.6 is 0 Å². The zero-order chi connectivity index (χ0) is 10.2. The first-order valence-corrected chi connectivity index (χ1v) is 3.71. The molecule has 0 amide bonds. The summed E-state index contributed by atoms with van der Waals surface area (Å²) in [6, 6.07) is 22.0. The predicted molar refractivity (Wildman–Crippen MR) is 46.1 cm³/mol. The topological polar surface area (TPSA) is 37.3 Å². The molecule has 2 nitrogen and oxygen atoms in total. The van der Waals surface area contributed by atoms with Crippen LogP contribution in [0.3, 0.4) is 0 Å². The largest absolute Gasteiger partial charge is 0.999 e. The third-order valence-corrected chi connectivity index (χ3v) is 1.17. The van der Waals surface area contributed by atoms with E-state index in [4.69, 9.17) is 5.11 Å². The molecule has 0 aliphatic carbocycles. The van der Waals surface area contributed by atoms with E-state index >= 15 is 0 Å². The molecular formula is C12H4FeO2-10. The van der Waals surface area contributed by atoms with Gasteiger partial charge in [-0.2, -0.15) is 0 Å². The van der Waals surface area contributed by atoms with Gasteiger partial charge in [-0.15, -0.1) is 6.42 Å². The van der Waals surface area contributed by atoms with E-state index in [0.717, 1.165) is 0 Å². The normalized spacial score (nSPS) is 8.27. The Hall–Kier alpha value is -1.31. The second-order valence-corrected chi connectivity index (χ2v) is 2.23. The van der Waals surface area contributed by atoms with E-state index in [1.54, 1.807) is 6.07 Å². The van der Waals surface area contributed by atoms with Crippen LogP contribution in [-0.2, 0) is 28.3 Å². The maximum Gasteiger partial charge on any atom is 0.271 e. The second-order valence-electron chi connectivity index (χ2n) is 2.23. The fraction of sp³-hybridized carbons (Fsp3) is 0.0833. The summed E-state index contributed by atoms with van der Waals surface area (Å²) in [5, 5.41) is 8.22. The monoisotopic (exact) mass is 236 g/mol. The van der Waals surface area contributed by atoms with E-state index in [9.17, 15) is 4.79 Å². The zero-order valence-electron chi connectivity index (χ0n) is 7.49. The number of carboxylic acid groups (broad SMARTS) is 1. The Bertz CT molecular complexity index is 318. The summed E-state index contributed by atoms with van der Waals surface area (Å²) in [6.07, 6.45) is -0.0417. The maximum absolute atomic E-state index is 10.00. The van der Waals surface area contributed by atoms with Crippen molar-refractivity contribution in [2.24, 2.45) is 0 Å². The Kier molecular flexibility index (Phi) is 7.33. The van der Waals surface area contributed by atoms with Crippen LogP contribution in [0.4, 0.5) is 0 Å². The number of rotatable bonds is 2. The first kappa shape index (κ1) is 13.7. The van der Waals surface area contributed by atoms with Gasteiger partial charge in [-0.05, 0) is 0 Å². The van der Waals surface area contributed by atoms with Gasteiger partial charge in [0, 0.05) is 17.1 Å². The molecule has 3 heteroatoms. The Balaban J connectivity index is 0.000000280. The van der Waals surface area contributed by atoms with Gasteiger partial charge in [-0.3, -0.25) is 4.79 Å². The van der Waals surface area contributed by atoms with Crippen LogP contribution in [0.1, 0.15) is 5.56 Å². The third kappa shape index (κ3) is 6.72. The standard InChI is InChI=1S/C7H3O2.C5H.Fe/c8-7(9)5-6-3-1-2-4-6;1-2-4-5-3-1;/h5H2,(H,8,9);1H;/q2*-5;. The average molecular weight is 236 g/mol. The number of hydrogen-bond donors (Lipinski definition) is 1. The van der Waals surface area contributed by atoms with Gasteiger partial charge in [-0.25, -0.2) is 0 Å². The fourth-order valence-electron chi connectivity index (χ4n) is 0.665. The molecule has 0 bridgehead atoms. The summed E-state index contributed by atoms with van der Waals surface area (Å²) in [4.78, 5) is 10.00. The van der Waals surface area contributed by atoms with Crippen LogP contribution in [-0.4, -0.2) is 11.1 Å². The van der Waals surface area contributed by atoms with Crippen molar-refractivity contribution in [1.82, 2.24) is 0 Å². The fourth-order valence-corrected chi connectivity index (χ4v) is 0.665. The first-order chi connectivity index (χ1) is 6.79. The molecule has 0 fully saturated rings. The smallest absolute Gasteiger partial charge is 0.271 e. The molecule has 0 aromatic heterocycles. The quantitative estimate of drug-likeness (QED) is 0.619. The van der Waals surface area contributed by atoms with Gasteiger partial charge in [0.25, 0.3) is 5.97 Å². The summed E-state index contributed by atoms with van der Waals surface area (Å²) in [7, 11) is 0. The number of carbonyl (C=O) groups is 1. The van der Waals surface area contributed by atoms with E-state index in [0.29, 0.717) is 5.56 Å². The molecule has 0 heterocycles. The van der Waals surface area contributed by atoms with E-state index in [-0.39, 0.29) is 23.5 Å². The van der Waals surface area contributed by atoms with Crippen LogP contribution in [0.25, 0.3) is 0 Å². The van der Waals surface area contributed by atoms with Gasteiger partial charge in [-0.1, -0.05) is 0 Å². The molecule has 2 aromatic carbocycles. The van der Waals surface area contributed by atoms with Crippen LogP contribution in [0.5, 0.6) is 0 Å². The van der Waals surface area contributed by atoms with Crippen molar-refractivity contribution < 1.29 is 27.0 Å². The molecule has 0 spiro atoms. The Morgan fingerprint density at radius 1 is 1.13 bits per heavy atom. The Labute approximate surface area is 99.8 Å². The molecule has 0 aliphatic heterocycles. The molecule has 15 heavy (non-hydrogen) atoms. The van der Waals surface area contributed by atoms with Crippen molar-refractivity contribution in [2.75, 3.05) is 0 Å². The van der Waals surface area contributed by atoms with Crippen LogP contribution < -0.4 is 0 Å². The summed E-state index contributed by atoms with van der Waals surface area (Å²) < 4.78 is 0. The van der Waals surface area contributed by atoms with Gasteiger partial charge in [0.2, 0.25) is 0 Å². The minimum atomic E-state index is -0.879. The zero-order valence-corrected chi connectivity index (χ0v) is 8.60. The number of hydrogen-bond acceptors (Lipinski definition) is 1. The molecule has 0 saturated heterocycles. The van der Waals surface area contributed by atoms with Gasteiger partial charge in [0.1, 0.15) is 0 Å². The molecular weight excluding hydrogens is 232 g/mol. The minimum Gasteiger partial charge on any atom is -0.999 e. The molecule has 0 saturated carbocycles. The molecule has 1 N–H and O–H groups in total. The van der Waals surface area contributed by atoms with E-state index in [2.05, 4.69) is 48.5 Å². The van der Waals surface area contributed by atoms with E-state index in [1.165, 1.54) is 0 Å². The predicted octanol–water partition coefficient (Wildman–Crippen LogP) is 0.837. The van der Waals surface area contributed by atoms with Crippen LogP contribution in [0.15, 0.2) is 6.07 Å². The summed E-state index contributed by atoms with van der Waals surface area (Å²) in [5.74, 6) is -0.879. The van der Waals surface area contributed by atoms with Crippen molar-refractivity contribution in [3.63, 3.8) is 0 Å².